The molecule has 1 aliphatic rings. The van der Waals surface area contributed by atoms with Crippen LogP contribution in [0.5, 0.6) is 0 Å². The van der Waals surface area contributed by atoms with Crippen molar-refractivity contribution in [3.8, 4) is 0 Å². The van der Waals surface area contributed by atoms with E-state index in [1.54, 1.807) is 20.9 Å². The van der Waals surface area contributed by atoms with Crippen LogP contribution in [-0.2, 0) is 9.59 Å². The van der Waals surface area contributed by atoms with Crippen LogP contribution < -0.4 is 0 Å². The molecule has 0 atom stereocenters. The van der Waals surface area contributed by atoms with Crippen LogP contribution in [0.25, 0.3) is 0 Å². The summed E-state index contributed by atoms with van der Waals surface area (Å²) in [5, 5.41) is 9.08. The minimum absolute atomic E-state index is 0.0621. The molecular formula is C14H25NO3. The summed E-state index contributed by atoms with van der Waals surface area (Å²) in [5.74, 6) is -0.368. The number of carboxylic acids is 1. The van der Waals surface area contributed by atoms with Crippen molar-refractivity contribution in [3.05, 3.63) is 0 Å². The van der Waals surface area contributed by atoms with Gasteiger partial charge >= 0.3 is 5.97 Å². The Morgan fingerprint density at radius 2 is 1.78 bits per heavy atom. The van der Waals surface area contributed by atoms with Gasteiger partial charge in [-0.1, -0.05) is 32.1 Å². The van der Waals surface area contributed by atoms with E-state index < -0.39 is 11.5 Å². The number of carbonyl (C=O) groups excluding carboxylic acids is 1. The maximum atomic E-state index is 12.0. The highest BCUT2D eigenvalue weighted by Crippen LogP contribution is 2.27. The van der Waals surface area contributed by atoms with Gasteiger partial charge in [0.15, 0.2) is 0 Å². The Morgan fingerprint density at radius 3 is 2.28 bits per heavy atom. The van der Waals surface area contributed by atoms with Gasteiger partial charge in [-0.25, -0.2) is 4.79 Å². The second-order valence-corrected chi connectivity index (χ2v) is 5.86. The summed E-state index contributed by atoms with van der Waals surface area (Å²) in [4.78, 5) is 24.4. The standard InChI is InChI=1S/C14H25NO3/c1-14(2,13(17)18)15(3)12(16)10-9-11-7-5-4-6-8-11/h11H,4-10H2,1-3H3,(H,17,18). The third-order valence-corrected chi connectivity index (χ3v) is 4.23. The highest BCUT2D eigenvalue weighted by molar-refractivity contribution is 5.86. The molecule has 4 heteroatoms. The third kappa shape index (κ3) is 3.72. The molecule has 1 N–H and O–H groups in total. The first-order valence-corrected chi connectivity index (χ1v) is 6.85. The monoisotopic (exact) mass is 255 g/mol. The molecule has 1 fully saturated rings. The summed E-state index contributed by atoms with van der Waals surface area (Å²) in [6, 6.07) is 0. The molecule has 0 aromatic rings. The summed E-state index contributed by atoms with van der Waals surface area (Å²) in [6.45, 7) is 3.13. The second-order valence-electron chi connectivity index (χ2n) is 5.86. The number of carbonyl (C=O) groups is 2. The Labute approximate surface area is 109 Å². The van der Waals surface area contributed by atoms with E-state index in [-0.39, 0.29) is 5.91 Å². The fourth-order valence-electron chi connectivity index (χ4n) is 2.43. The quantitative estimate of drug-likeness (QED) is 0.821. The summed E-state index contributed by atoms with van der Waals surface area (Å²) < 4.78 is 0. The van der Waals surface area contributed by atoms with Crippen LogP contribution in [0.15, 0.2) is 0 Å². The Morgan fingerprint density at radius 1 is 1.22 bits per heavy atom. The lowest BCUT2D eigenvalue weighted by Gasteiger charge is -2.32. The highest BCUT2D eigenvalue weighted by Gasteiger charge is 2.34. The minimum atomic E-state index is -1.12. The lowest BCUT2D eigenvalue weighted by molar-refractivity contribution is -0.155. The molecule has 1 saturated carbocycles. The average Bonchev–Trinajstić information content (AvgIpc) is 2.36. The lowest BCUT2D eigenvalue weighted by Crippen LogP contribution is -2.50. The molecule has 18 heavy (non-hydrogen) atoms. The van der Waals surface area contributed by atoms with E-state index >= 15 is 0 Å². The van der Waals surface area contributed by atoms with Gasteiger partial charge in [-0.2, -0.15) is 0 Å². The average molecular weight is 255 g/mol. The smallest absolute Gasteiger partial charge is 0.329 e. The van der Waals surface area contributed by atoms with E-state index in [4.69, 9.17) is 5.11 Å². The SMILES string of the molecule is CN(C(=O)CCC1CCCCC1)C(C)(C)C(=O)O. The van der Waals surface area contributed by atoms with Crippen LogP contribution in [0.4, 0.5) is 0 Å². The van der Waals surface area contributed by atoms with Gasteiger partial charge in [0.1, 0.15) is 5.54 Å². The van der Waals surface area contributed by atoms with Gasteiger partial charge in [-0.05, 0) is 26.2 Å². The van der Waals surface area contributed by atoms with Gasteiger partial charge < -0.3 is 10.0 Å². The third-order valence-electron chi connectivity index (χ3n) is 4.23. The zero-order chi connectivity index (χ0) is 13.8. The molecule has 0 unspecified atom stereocenters. The number of hydrogen-bond acceptors (Lipinski definition) is 2. The molecular weight excluding hydrogens is 230 g/mol. The van der Waals surface area contributed by atoms with Crippen molar-refractivity contribution in [1.29, 1.82) is 0 Å². The van der Waals surface area contributed by atoms with E-state index in [0.717, 1.165) is 6.42 Å². The Hall–Kier alpha value is -1.06. The number of carboxylic acid groups (broad SMARTS) is 1. The molecule has 0 spiro atoms. The first kappa shape index (κ1) is 15.0. The van der Waals surface area contributed by atoms with Crippen molar-refractivity contribution in [2.45, 2.75) is 64.3 Å². The van der Waals surface area contributed by atoms with Crippen molar-refractivity contribution in [3.63, 3.8) is 0 Å². The first-order valence-electron chi connectivity index (χ1n) is 6.85. The van der Waals surface area contributed by atoms with Crippen LogP contribution in [0.1, 0.15) is 58.8 Å². The predicted octanol–water partition coefficient (Wildman–Crippen LogP) is 2.67. The molecule has 1 aliphatic carbocycles. The fraction of sp³-hybridized carbons (Fsp3) is 0.857. The van der Waals surface area contributed by atoms with Gasteiger partial charge in [0.05, 0.1) is 0 Å². The van der Waals surface area contributed by atoms with E-state index in [0.29, 0.717) is 12.3 Å². The first-order chi connectivity index (χ1) is 8.35. The molecule has 0 saturated heterocycles. The Bertz CT molecular complexity index is 306. The van der Waals surface area contributed by atoms with Crippen LogP contribution in [-0.4, -0.2) is 34.5 Å². The van der Waals surface area contributed by atoms with Crippen LogP contribution in [0, 0.1) is 5.92 Å². The van der Waals surface area contributed by atoms with Crippen molar-refractivity contribution in [2.24, 2.45) is 5.92 Å². The summed E-state index contributed by atoms with van der Waals surface area (Å²) in [6.07, 6.45) is 7.68. The van der Waals surface area contributed by atoms with Gasteiger partial charge in [-0.3, -0.25) is 4.79 Å². The summed E-state index contributed by atoms with van der Waals surface area (Å²) >= 11 is 0. The maximum absolute atomic E-state index is 12.0. The molecule has 0 heterocycles. The lowest BCUT2D eigenvalue weighted by atomic mass is 9.86. The molecule has 0 aliphatic heterocycles. The normalized spacial score (nSPS) is 17.5. The number of rotatable bonds is 5. The van der Waals surface area contributed by atoms with E-state index in [1.165, 1.54) is 37.0 Å². The fourth-order valence-corrected chi connectivity index (χ4v) is 2.43. The molecule has 0 aromatic heterocycles. The number of hydrogen-bond donors (Lipinski definition) is 1. The van der Waals surface area contributed by atoms with E-state index in [2.05, 4.69) is 0 Å². The number of likely N-dealkylation sites (N-methyl/N-ethyl adjacent to an activating group) is 1. The number of aliphatic carboxylic acids is 1. The van der Waals surface area contributed by atoms with Crippen molar-refractivity contribution in [1.82, 2.24) is 4.90 Å². The van der Waals surface area contributed by atoms with E-state index in [9.17, 15) is 9.59 Å². The molecule has 104 valence electrons. The Balaban J connectivity index is 2.42. The second kappa shape index (κ2) is 6.21. The highest BCUT2D eigenvalue weighted by atomic mass is 16.4. The van der Waals surface area contributed by atoms with Crippen molar-refractivity contribution < 1.29 is 14.7 Å². The van der Waals surface area contributed by atoms with Gasteiger partial charge in [-0.15, -0.1) is 0 Å². The number of amides is 1. The van der Waals surface area contributed by atoms with Gasteiger partial charge in [0, 0.05) is 13.5 Å². The molecule has 0 aromatic carbocycles. The maximum Gasteiger partial charge on any atom is 0.329 e. The largest absolute Gasteiger partial charge is 0.480 e. The number of nitrogens with zero attached hydrogens (tertiary/aromatic N) is 1. The predicted molar refractivity (Wildman–Crippen MR) is 70.3 cm³/mol. The Kier molecular flexibility index (Phi) is 5.17. The molecule has 0 bridgehead atoms. The molecule has 1 amide bonds. The summed E-state index contributed by atoms with van der Waals surface area (Å²) in [7, 11) is 1.58. The summed E-state index contributed by atoms with van der Waals surface area (Å²) in [5.41, 5.74) is -1.12. The zero-order valence-electron chi connectivity index (χ0n) is 11.7. The van der Waals surface area contributed by atoms with Crippen LogP contribution >= 0.6 is 0 Å². The topological polar surface area (TPSA) is 57.6 Å². The molecule has 4 nitrogen and oxygen atoms in total. The van der Waals surface area contributed by atoms with Crippen LogP contribution in [0.3, 0.4) is 0 Å². The van der Waals surface area contributed by atoms with Crippen LogP contribution in [0.2, 0.25) is 0 Å². The minimum Gasteiger partial charge on any atom is -0.480 e. The molecule has 1 rings (SSSR count). The van der Waals surface area contributed by atoms with Crippen molar-refractivity contribution >= 4 is 11.9 Å². The van der Waals surface area contributed by atoms with E-state index in [1.807, 2.05) is 0 Å². The molecule has 0 radical (unpaired) electrons. The van der Waals surface area contributed by atoms with Gasteiger partial charge in [0.2, 0.25) is 5.91 Å². The van der Waals surface area contributed by atoms with Crippen molar-refractivity contribution in [2.75, 3.05) is 7.05 Å². The zero-order valence-corrected chi connectivity index (χ0v) is 11.7. The van der Waals surface area contributed by atoms with Gasteiger partial charge in [0.25, 0.3) is 0 Å².